The van der Waals surface area contributed by atoms with Gasteiger partial charge >= 0.3 is 11.9 Å². The van der Waals surface area contributed by atoms with E-state index < -0.39 is 24.0 Å². The lowest BCUT2D eigenvalue weighted by molar-refractivity contribution is -0.139. The van der Waals surface area contributed by atoms with E-state index in [9.17, 15) is 9.59 Å². The van der Waals surface area contributed by atoms with Crippen molar-refractivity contribution in [1.29, 1.82) is 0 Å². The van der Waals surface area contributed by atoms with Gasteiger partial charge in [-0.25, -0.2) is 0 Å². The van der Waals surface area contributed by atoms with Crippen molar-refractivity contribution in [1.82, 2.24) is 0 Å². The van der Waals surface area contributed by atoms with Gasteiger partial charge in [0.2, 0.25) is 0 Å². The second-order valence-corrected chi connectivity index (χ2v) is 2.60. The highest BCUT2D eigenvalue weighted by Gasteiger charge is 2.06. The summed E-state index contributed by atoms with van der Waals surface area (Å²) in [4.78, 5) is 19.5. The molecule has 0 saturated heterocycles. The van der Waals surface area contributed by atoms with Crippen molar-refractivity contribution >= 4 is 11.9 Å². The molecule has 0 aromatic rings. The first-order chi connectivity index (χ1) is 6.32. The van der Waals surface area contributed by atoms with E-state index >= 15 is 0 Å². The molecule has 0 spiro atoms. The van der Waals surface area contributed by atoms with Crippen molar-refractivity contribution in [3.8, 4) is 0 Å². The van der Waals surface area contributed by atoms with Gasteiger partial charge in [0.25, 0.3) is 0 Å². The Balaban J connectivity index is 0. The maximum Gasteiger partial charge on any atom is 0.320 e. The molecule has 0 fully saturated rings. The Morgan fingerprint density at radius 1 is 1.36 bits per heavy atom. The lowest BCUT2D eigenvalue weighted by Crippen LogP contribution is -2.28. The molecule has 0 aromatic heterocycles. The van der Waals surface area contributed by atoms with Crippen LogP contribution in [0.3, 0.4) is 0 Å². The van der Waals surface area contributed by atoms with E-state index in [4.69, 9.17) is 21.7 Å². The quantitative estimate of drug-likeness (QED) is 0.452. The third-order valence-electron chi connectivity index (χ3n) is 1.13. The maximum absolute atomic E-state index is 9.92. The normalized spacial score (nSPS) is 13.1. The molecular formula is C8H16N2O4. The first-order valence-corrected chi connectivity index (χ1v) is 3.90. The van der Waals surface area contributed by atoms with Crippen LogP contribution in [0.4, 0.5) is 0 Å². The van der Waals surface area contributed by atoms with Crippen LogP contribution in [-0.2, 0) is 9.59 Å². The highest BCUT2D eigenvalue weighted by atomic mass is 16.4. The molecule has 82 valence electrons. The fourth-order valence-electron chi connectivity index (χ4n) is 0.280. The van der Waals surface area contributed by atoms with E-state index in [-0.39, 0.29) is 0 Å². The minimum atomic E-state index is -0.982. The lowest BCUT2D eigenvalue weighted by Gasteiger charge is -1.98. The van der Waals surface area contributed by atoms with Crippen LogP contribution in [0.1, 0.15) is 13.3 Å². The summed E-state index contributed by atoms with van der Waals surface area (Å²) in [5.41, 5.74) is 9.89. The SMILES string of the molecule is C=CCC(N)C(=O)O.CC(N)C(=O)O. The largest absolute Gasteiger partial charge is 0.480 e. The molecule has 14 heavy (non-hydrogen) atoms. The Kier molecular flexibility index (Phi) is 8.85. The van der Waals surface area contributed by atoms with Crippen molar-refractivity contribution < 1.29 is 19.8 Å². The standard InChI is InChI=1S/C5H9NO2.C3H7NO2/c1-2-3-4(6)5(7)8;1-2(4)3(5)6/h2,4H,1,3,6H2,(H,7,8);2H,4H2,1H3,(H,5,6). The highest BCUT2D eigenvalue weighted by Crippen LogP contribution is 1.86. The highest BCUT2D eigenvalue weighted by molar-refractivity contribution is 5.73. The second kappa shape index (κ2) is 8.21. The van der Waals surface area contributed by atoms with Crippen molar-refractivity contribution in [2.24, 2.45) is 11.5 Å². The number of aliphatic carboxylic acids is 2. The van der Waals surface area contributed by atoms with Crippen LogP contribution in [0.2, 0.25) is 0 Å². The second-order valence-electron chi connectivity index (χ2n) is 2.60. The Hall–Kier alpha value is -1.40. The topological polar surface area (TPSA) is 127 Å². The van der Waals surface area contributed by atoms with E-state index in [0.717, 1.165) is 0 Å². The summed E-state index contributed by atoms with van der Waals surface area (Å²) in [6.45, 7) is 4.76. The predicted molar refractivity (Wildman–Crippen MR) is 51.7 cm³/mol. The molecule has 2 atom stereocenters. The number of carboxylic acids is 2. The molecule has 0 aromatic carbocycles. The van der Waals surface area contributed by atoms with Gasteiger partial charge in [-0.05, 0) is 13.3 Å². The van der Waals surface area contributed by atoms with Gasteiger partial charge in [0.05, 0.1) is 0 Å². The molecule has 6 nitrogen and oxygen atoms in total. The van der Waals surface area contributed by atoms with Crippen molar-refractivity contribution in [2.45, 2.75) is 25.4 Å². The van der Waals surface area contributed by atoms with Gasteiger partial charge in [0.1, 0.15) is 12.1 Å². The monoisotopic (exact) mass is 204 g/mol. The average Bonchev–Trinajstić information content (AvgIpc) is 2.05. The fourth-order valence-corrected chi connectivity index (χ4v) is 0.280. The zero-order valence-corrected chi connectivity index (χ0v) is 8.01. The van der Waals surface area contributed by atoms with Crippen LogP contribution in [0.5, 0.6) is 0 Å². The van der Waals surface area contributed by atoms with Crippen LogP contribution in [0.15, 0.2) is 12.7 Å². The zero-order chi connectivity index (χ0) is 11.7. The molecular weight excluding hydrogens is 188 g/mol. The number of carbonyl (C=O) groups is 2. The summed E-state index contributed by atoms with van der Waals surface area (Å²) in [6.07, 6.45) is 1.81. The molecule has 0 aliphatic carbocycles. The Bertz CT molecular complexity index is 204. The van der Waals surface area contributed by atoms with Gasteiger partial charge in [0.15, 0.2) is 0 Å². The number of carboxylic acid groups (broad SMARTS) is 2. The van der Waals surface area contributed by atoms with Gasteiger partial charge in [-0.3, -0.25) is 9.59 Å². The fraction of sp³-hybridized carbons (Fsp3) is 0.500. The summed E-state index contributed by atoms with van der Waals surface area (Å²) in [6, 6.07) is -1.52. The molecule has 6 N–H and O–H groups in total. The molecule has 2 unspecified atom stereocenters. The van der Waals surface area contributed by atoms with E-state index in [1.165, 1.54) is 13.0 Å². The van der Waals surface area contributed by atoms with Crippen molar-refractivity contribution in [2.75, 3.05) is 0 Å². The zero-order valence-electron chi connectivity index (χ0n) is 8.01. The van der Waals surface area contributed by atoms with Gasteiger partial charge in [-0.1, -0.05) is 6.08 Å². The maximum atomic E-state index is 9.92. The summed E-state index contributed by atoms with van der Waals surface area (Å²) < 4.78 is 0. The molecule has 0 heterocycles. The van der Waals surface area contributed by atoms with Gasteiger partial charge < -0.3 is 21.7 Å². The minimum Gasteiger partial charge on any atom is -0.480 e. The smallest absolute Gasteiger partial charge is 0.320 e. The summed E-state index contributed by atoms with van der Waals surface area (Å²) in [7, 11) is 0. The molecule has 0 aliphatic rings. The minimum absolute atomic E-state index is 0.329. The molecule has 0 rings (SSSR count). The number of rotatable bonds is 4. The van der Waals surface area contributed by atoms with Gasteiger partial charge in [-0.15, -0.1) is 6.58 Å². The number of hydrogen-bond donors (Lipinski definition) is 4. The summed E-state index contributed by atoms with van der Waals surface area (Å²) >= 11 is 0. The Labute approximate surface area is 82.2 Å². The van der Waals surface area contributed by atoms with Crippen LogP contribution >= 0.6 is 0 Å². The molecule has 0 aliphatic heterocycles. The Morgan fingerprint density at radius 3 is 1.79 bits per heavy atom. The molecule has 6 heteroatoms. The van der Waals surface area contributed by atoms with Gasteiger partial charge in [0, 0.05) is 0 Å². The average molecular weight is 204 g/mol. The van der Waals surface area contributed by atoms with Crippen LogP contribution in [0.25, 0.3) is 0 Å². The predicted octanol–water partition coefficient (Wildman–Crippen LogP) is -0.607. The third kappa shape index (κ3) is 10.6. The van der Waals surface area contributed by atoms with Crippen LogP contribution in [0, 0.1) is 0 Å². The van der Waals surface area contributed by atoms with E-state index in [1.807, 2.05) is 0 Å². The van der Waals surface area contributed by atoms with E-state index in [1.54, 1.807) is 0 Å². The van der Waals surface area contributed by atoms with Crippen LogP contribution in [-0.4, -0.2) is 34.2 Å². The molecule has 0 radical (unpaired) electrons. The van der Waals surface area contributed by atoms with Crippen molar-refractivity contribution in [3.63, 3.8) is 0 Å². The lowest BCUT2D eigenvalue weighted by atomic mass is 10.2. The molecule has 0 bridgehead atoms. The van der Waals surface area contributed by atoms with Crippen molar-refractivity contribution in [3.05, 3.63) is 12.7 Å². The molecule has 0 saturated carbocycles. The Morgan fingerprint density at radius 2 is 1.71 bits per heavy atom. The summed E-state index contributed by atoms with van der Waals surface area (Å²) in [5.74, 6) is -1.94. The molecule has 0 amide bonds. The first kappa shape index (κ1) is 15.1. The van der Waals surface area contributed by atoms with E-state index in [2.05, 4.69) is 6.58 Å². The number of hydrogen-bond acceptors (Lipinski definition) is 4. The summed E-state index contributed by atoms with van der Waals surface area (Å²) in [5, 5.41) is 16.0. The third-order valence-corrected chi connectivity index (χ3v) is 1.13. The van der Waals surface area contributed by atoms with Gasteiger partial charge in [-0.2, -0.15) is 0 Å². The van der Waals surface area contributed by atoms with E-state index in [0.29, 0.717) is 6.42 Å². The first-order valence-electron chi connectivity index (χ1n) is 3.90. The van der Waals surface area contributed by atoms with Crippen LogP contribution < -0.4 is 11.5 Å². The number of nitrogens with two attached hydrogens (primary N) is 2.